The Morgan fingerprint density at radius 2 is 1.15 bits per heavy atom. The highest BCUT2D eigenvalue weighted by molar-refractivity contribution is 5.93. The molecular formula is C25H20O2. The Bertz CT molecular complexity index is 1090. The van der Waals surface area contributed by atoms with Gasteiger partial charge in [-0.1, -0.05) is 60.7 Å². The van der Waals surface area contributed by atoms with Crippen LogP contribution in [0.3, 0.4) is 0 Å². The standard InChI is InChI=1S/C25H20O2/c1-3-8-18-16(6-1)12-14-21-24(18)20-10-5-11-23(26-21)27-22-15-13-17-7-2-4-9-19(17)25(20)22/h1-4,6-9,12-15,20,23H,5,10-11H2. The smallest absolute Gasteiger partial charge is 0.241 e. The van der Waals surface area contributed by atoms with Gasteiger partial charge in [-0.25, -0.2) is 0 Å². The maximum Gasteiger partial charge on any atom is 0.241 e. The second-order valence-electron chi connectivity index (χ2n) is 7.55. The van der Waals surface area contributed by atoms with Gasteiger partial charge in [-0.2, -0.15) is 0 Å². The van der Waals surface area contributed by atoms with Gasteiger partial charge in [0.05, 0.1) is 0 Å². The van der Waals surface area contributed by atoms with Crippen LogP contribution < -0.4 is 9.47 Å². The molecule has 0 spiro atoms. The Labute approximate surface area is 158 Å². The lowest BCUT2D eigenvalue weighted by atomic mass is 9.80. The van der Waals surface area contributed by atoms with Crippen LogP contribution in [-0.4, -0.2) is 6.29 Å². The van der Waals surface area contributed by atoms with Gasteiger partial charge < -0.3 is 9.47 Å². The molecule has 2 nitrogen and oxygen atoms in total. The number of rotatable bonds is 0. The molecule has 3 aliphatic heterocycles. The summed E-state index contributed by atoms with van der Waals surface area (Å²) in [4.78, 5) is 0. The topological polar surface area (TPSA) is 18.5 Å². The van der Waals surface area contributed by atoms with Crippen LogP contribution in [0.4, 0.5) is 0 Å². The number of hydrogen-bond acceptors (Lipinski definition) is 2. The van der Waals surface area contributed by atoms with E-state index < -0.39 is 0 Å². The number of benzene rings is 4. The van der Waals surface area contributed by atoms with Crippen LogP contribution in [0.5, 0.6) is 11.5 Å². The first-order valence-electron chi connectivity index (χ1n) is 9.75. The molecule has 0 aliphatic carbocycles. The molecule has 0 amide bonds. The van der Waals surface area contributed by atoms with Crippen molar-refractivity contribution in [1.29, 1.82) is 0 Å². The normalized spacial score (nSPS) is 20.7. The second-order valence-corrected chi connectivity index (χ2v) is 7.55. The summed E-state index contributed by atoms with van der Waals surface area (Å²) in [7, 11) is 0. The summed E-state index contributed by atoms with van der Waals surface area (Å²) < 4.78 is 12.7. The predicted octanol–water partition coefficient (Wildman–Crippen LogP) is 6.41. The van der Waals surface area contributed by atoms with Crippen molar-refractivity contribution in [3.05, 3.63) is 83.9 Å². The van der Waals surface area contributed by atoms with Crippen LogP contribution >= 0.6 is 0 Å². The molecule has 4 aromatic rings. The average Bonchev–Trinajstić information content (AvgIpc) is 2.67. The Morgan fingerprint density at radius 3 is 1.74 bits per heavy atom. The van der Waals surface area contributed by atoms with Crippen molar-refractivity contribution in [2.45, 2.75) is 31.5 Å². The zero-order valence-electron chi connectivity index (χ0n) is 15.0. The van der Waals surface area contributed by atoms with Crippen molar-refractivity contribution in [1.82, 2.24) is 0 Å². The van der Waals surface area contributed by atoms with Crippen molar-refractivity contribution in [3.8, 4) is 11.5 Å². The molecule has 0 atom stereocenters. The first kappa shape index (κ1) is 15.1. The van der Waals surface area contributed by atoms with E-state index in [-0.39, 0.29) is 12.2 Å². The van der Waals surface area contributed by atoms with E-state index in [0.29, 0.717) is 0 Å². The van der Waals surface area contributed by atoms with Gasteiger partial charge in [-0.15, -0.1) is 0 Å². The average molecular weight is 352 g/mol. The third kappa shape index (κ3) is 2.26. The molecule has 0 aromatic heterocycles. The molecule has 3 heterocycles. The maximum absolute atomic E-state index is 6.36. The molecule has 3 aliphatic rings. The van der Waals surface area contributed by atoms with Gasteiger partial charge in [0.1, 0.15) is 11.5 Å². The van der Waals surface area contributed by atoms with Gasteiger partial charge >= 0.3 is 0 Å². The van der Waals surface area contributed by atoms with E-state index in [9.17, 15) is 0 Å². The van der Waals surface area contributed by atoms with Gasteiger partial charge in [0.2, 0.25) is 6.29 Å². The third-order valence-electron chi connectivity index (χ3n) is 6.01. The van der Waals surface area contributed by atoms with Crippen LogP contribution in [0, 0.1) is 0 Å². The summed E-state index contributed by atoms with van der Waals surface area (Å²) in [6.07, 6.45) is 2.91. The van der Waals surface area contributed by atoms with E-state index in [4.69, 9.17) is 9.47 Å². The Hall–Kier alpha value is -3.00. The third-order valence-corrected chi connectivity index (χ3v) is 6.01. The summed E-state index contributed by atoms with van der Waals surface area (Å²) >= 11 is 0. The summed E-state index contributed by atoms with van der Waals surface area (Å²) in [5.41, 5.74) is 2.64. The van der Waals surface area contributed by atoms with E-state index in [1.54, 1.807) is 0 Å². The summed E-state index contributed by atoms with van der Waals surface area (Å²) in [5.74, 6) is 2.22. The highest BCUT2D eigenvalue weighted by atomic mass is 16.7. The Balaban J connectivity index is 1.74. The van der Waals surface area contributed by atoms with Gasteiger partial charge in [0.15, 0.2) is 0 Å². The minimum absolute atomic E-state index is 0.230. The van der Waals surface area contributed by atoms with Crippen molar-refractivity contribution >= 4 is 21.5 Å². The SMILES string of the molecule is c1ccc2c3c(ccc2c1)OC1CCCC3c2c(ccc3ccccc23)O1. The van der Waals surface area contributed by atoms with Crippen LogP contribution in [0.25, 0.3) is 21.5 Å². The summed E-state index contributed by atoms with van der Waals surface area (Å²) in [6.45, 7) is 0. The van der Waals surface area contributed by atoms with Crippen LogP contribution in [0.2, 0.25) is 0 Å². The van der Waals surface area contributed by atoms with E-state index in [1.165, 1.54) is 32.7 Å². The number of hydrogen-bond donors (Lipinski definition) is 0. The lowest BCUT2D eigenvalue weighted by Crippen LogP contribution is -2.30. The lowest BCUT2D eigenvalue weighted by molar-refractivity contribution is -0.0108. The van der Waals surface area contributed by atoms with E-state index >= 15 is 0 Å². The fourth-order valence-corrected chi connectivity index (χ4v) is 4.82. The van der Waals surface area contributed by atoms with Crippen molar-refractivity contribution in [2.24, 2.45) is 0 Å². The van der Waals surface area contributed by atoms with Crippen LogP contribution in [0.1, 0.15) is 36.3 Å². The fraction of sp³-hybridized carbons (Fsp3) is 0.200. The van der Waals surface area contributed by atoms with Gasteiger partial charge in [-0.3, -0.25) is 0 Å². The van der Waals surface area contributed by atoms with E-state index in [1.807, 2.05) is 0 Å². The van der Waals surface area contributed by atoms with Gasteiger partial charge in [-0.05, 0) is 46.5 Å². The fourth-order valence-electron chi connectivity index (χ4n) is 4.82. The molecule has 7 rings (SSSR count). The molecule has 2 heteroatoms. The Kier molecular flexibility index (Phi) is 3.21. The molecule has 4 aromatic carbocycles. The highest BCUT2D eigenvalue weighted by Crippen LogP contribution is 2.49. The predicted molar refractivity (Wildman–Crippen MR) is 109 cm³/mol. The van der Waals surface area contributed by atoms with Crippen LogP contribution in [0.15, 0.2) is 72.8 Å². The maximum atomic E-state index is 6.36. The highest BCUT2D eigenvalue weighted by Gasteiger charge is 2.33. The second kappa shape index (κ2) is 5.75. The van der Waals surface area contributed by atoms with Crippen LogP contribution in [-0.2, 0) is 0 Å². The minimum atomic E-state index is -0.230. The molecular weight excluding hydrogens is 332 g/mol. The van der Waals surface area contributed by atoms with E-state index in [0.717, 1.165) is 30.8 Å². The molecule has 0 radical (unpaired) electrons. The molecule has 0 unspecified atom stereocenters. The molecule has 0 N–H and O–H groups in total. The minimum Gasteiger partial charge on any atom is -0.455 e. The zero-order chi connectivity index (χ0) is 17.8. The number of ether oxygens (including phenoxy) is 2. The van der Waals surface area contributed by atoms with E-state index in [2.05, 4.69) is 72.8 Å². The summed E-state index contributed by atoms with van der Waals surface area (Å²) in [5, 5.41) is 5.12. The molecule has 0 saturated heterocycles. The molecule has 132 valence electrons. The first-order valence-corrected chi connectivity index (χ1v) is 9.75. The van der Waals surface area contributed by atoms with Gasteiger partial charge in [0.25, 0.3) is 0 Å². The number of fused-ring (bicyclic) bond motifs is 4. The molecule has 27 heavy (non-hydrogen) atoms. The molecule has 0 fully saturated rings. The van der Waals surface area contributed by atoms with Crippen molar-refractivity contribution in [3.63, 3.8) is 0 Å². The summed E-state index contributed by atoms with van der Waals surface area (Å²) in [6, 6.07) is 25.9. The lowest BCUT2D eigenvalue weighted by Gasteiger charge is -2.35. The quantitative estimate of drug-likeness (QED) is 0.364. The zero-order valence-corrected chi connectivity index (χ0v) is 15.0. The Morgan fingerprint density at radius 1 is 0.593 bits per heavy atom. The van der Waals surface area contributed by atoms with Gasteiger partial charge in [0, 0.05) is 23.5 Å². The monoisotopic (exact) mass is 352 g/mol. The first-order chi connectivity index (χ1) is 13.4. The van der Waals surface area contributed by atoms with Crippen molar-refractivity contribution < 1.29 is 9.47 Å². The molecule has 0 saturated carbocycles. The molecule has 2 bridgehead atoms. The largest absolute Gasteiger partial charge is 0.455 e. The van der Waals surface area contributed by atoms with Crippen molar-refractivity contribution in [2.75, 3.05) is 0 Å².